The van der Waals surface area contributed by atoms with Crippen LogP contribution in [0.5, 0.6) is 0 Å². The summed E-state index contributed by atoms with van der Waals surface area (Å²) in [5.74, 6) is -1.45. The molecule has 1 aromatic heterocycles. The molecule has 0 aliphatic carbocycles. The van der Waals surface area contributed by atoms with E-state index in [9.17, 15) is 13.6 Å². The molecule has 1 atom stereocenters. The van der Waals surface area contributed by atoms with Crippen LogP contribution in [-0.2, 0) is 6.54 Å². The molecule has 0 bridgehead atoms. The smallest absolute Gasteiger partial charge is 0.253 e. The van der Waals surface area contributed by atoms with E-state index in [4.69, 9.17) is 5.73 Å². The minimum atomic E-state index is -0.981. The number of halogens is 2. The highest BCUT2D eigenvalue weighted by molar-refractivity contribution is 5.22. The number of nitrogens with two attached hydrogens (primary N) is 1. The fraction of sp³-hybridized carbons (Fsp3) is 0.286. The Morgan fingerprint density at radius 1 is 1.35 bits per heavy atom. The van der Waals surface area contributed by atoms with Gasteiger partial charge in [-0.2, -0.15) is 0 Å². The summed E-state index contributed by atoms with van der Waals surface area (Å²) in [6.07, 6.45) is 0. The Morgan fingerprint density at radius 2 is 2.05 bits per heavy atom. The highest BCUT2D eigenvalue weighted by atomic mass is 19.2. The molecule has 0 saturated carbocycles. The zero-order valence-electron chi connectivity index (χ0n) is 11.2. The number of hydrogen-bond acceptors (Lipinski definition) is 3. The summed E-state index contributed by atoms with van der Waals surface area (Å²) >= 11 is 0. The molecule has 0 amide bonds. The predicted molar refractivity (Wildman–Crippen MR) is 71.3 cm³/mol. The van der Waals surface area contributed by atoms with Crippen LogP contribution in [0.3, 0.4) is 0 Å². The summed E-state index contributed by atoms with van der Waals surface area (Å²) < 4.78 is 28.2. The van der Waals surface area contributed by atoms with Crippen molar-refractivity contribution < 1.29 is 8.78 Å². The second-order valence-electron chi connectivity index (χ2n) is 4.64. The van der Waals surface area contributed by atoms with Crippen LogP contribution in [0.25, 0.3) is 0 Å². The molecule has 1 heterocycles. The van der Waals surface area contributed by atoms with E-state index in [0.29, 0.717) is 11.5 Å². The summed E-state index contributed by atoms with van der Waals surface area (Å²) in [4.78, 5) is 16.0. The average molecular weight is 279 g/mol. The quantitative estimate of drug-likeness (QED) is 0.932. The average Bonchev–Trinajstić information content (AvgIpc) is 2.36. The van der Waals surface area contributed by atoms with Gasteiger partial charge in [-0.1, -0.05) is 12.1 Å². The largest absolute Gasteiger partial charge is 0.322 e. The molecule has 20 heavy (non-hydrogen) atoms. The standard InChI is InChI=1S/C14H15F2N3O/c1-8-6-13(20)19(9(2)18-8)7-12(17)10-4-3-5-11(15)14(10)16/h3-6,12H,7,17H2,1-2H3. The van der Waals surface area contributed by atoms with E-state index in [1.54, 1.807) is 13.8 Å². The number of aromatic nitrogens is 2. The number of hydrogen-bond donors (Lipinski definition) is 1. The van der Waals surface area contributed by atoms with Gasteiger partial charge in [0.05, 0.1) is 6.04 Å². The van der Waals surface area contributed by atoms with Gasteiger partial charge in [-0.25, -0.2) is 13.8 Å². The number of nitrogens with zero attached hydrogens (tertiary/aromatic N) is 2. The van der Waals surface area contributed by atoms with Crippen molar-refractivity contribution in [1.29, 1.82) is 0 Å². The second-order valence-corrected chi connectivity index (χ2v) is 4.64. The molecular formula is C14H15F2N3O. The van der Waals surface area contributed by atoms with Gasteiger partial charge >= 0.3 is 0 Å². The molecule has 0 radical (unpaired) electrons. The minimum absolute atomic E-state index is 0.0388. The van der Waals surface area contributed by atoms with E-state index in [0.717, 1.165) is 6.07 Å². The number of benzene rings is 1. The van der Waals surface area contributed by atoms with Crippen LogP contribution in [0.1, 0.15) is 23.1 Å². The van der Waals surface area contributed by atoms with E-state index in [1.807, 2.05) is 0 Å². The van der Waals surface area contributed by atoms with E-state index >= 15 is 0 Å². The summed E-state index contributed by atoms with van der Waals surface area (Å²) in [5.41, 5.74) is 6.26. The summed E-state index contributed by atoms with van der Waals surface area (Å²) in [5, 5.41) is 0. The predicted octanol–water partition coefficient (Wildman–Crippen LogP) is 1.84. The van der Waals surface area contributed by atoms with Crippen LogP contribution in [0.4, 0.5) is 8.78 Å². The van der Waals surface area contributed by atoms with Crippen molar-refractivity contribution in [2.45, 2.75) is 26.4 Å². The Balaban J connectivity index is 2.35. The van der Waals surface area contributed by atoms with Crippen molar-refractivity contribution in [2.24, 2.45) is 5.73 Å². The lowest BCUT2D eigenvalue weighted by molar-refractivity contribution is 0.468. The molecule has 0 spiro atoms. The molecule has 2 N–H and O–H groups in total. The van der Waals surface area contributed by atoms with E-state index in [1.165, 1.54) is 22.8 Å². The maximum absolute atomic E-state index is 13.7. The Hall–Kier alpha value is -2.08. The molecule has 1 unspecified atom stereocenters. The maximum Gasteiger partial charge on any atom is 0.253 e. The number of rotatable bonds is 3. The van der Waals surface area contributed by atoms with E-state index in [2.05, 4.69) is 4.98 Å². The topological polar surface area (TPSA) is 60.9 Å². The molecule has 106 valence electrons. The van der Waals surface area contributed by atoms with Crippen molar-refractivity contribution >= 4 is 0 Å². The van der Waals surface area contributed by atoms with Crippen LogP contribution < -0.4 is 11.3 Å². The summed E-state index contributed by atoms with van der Waals surface area (Å²) in [7, 11) is 0. The summed E-state index contributed by atoms with van der Waals surface area (Å²) in [6, 6.07) is 4.37. The van der Waals surface area contributed by atoms with E-state index < -0.39 is 17.7 Å². The summed E-state index contributed by atoms with van der Waals surface area (Å²) in [6.45, 7) is 3.42. The molecule has 0 saturated heterocycles. The van der Waals surface area contributed by atoms with Crippen molar-refractivity contribution in [3.05, 3.63) is 63.3 Å². The highest BCUT2D eigenvalue weighted by Gasteiger charge is 2.16. The molecule has 0 aliphatic rings. The van der Waals surface area contributed by atoms with Crippen LogP contribution >= 0.6 is 0 Å². The van der Waals surface area contributed by atoms with E-state index in [-0.39, 0.29) is 17.7 Å². The van der Waals surface area contributed by atoms with Gasteiger partial charge in [0.15, 0.2) is 11.6 Å². The maximum atomic E-state index is 13.7. The lowest BCUT2D eigenvalue weighted by Gasteiger charge is -2.16. The van der Waals surface area contributed by atoms with Crippen LogP contribution in [0.15, 0.2) is 29.1 Å². The molecule has 0 fully saturated rings. The van der Waals surface area contributed by atoms with Gasteiger partial charge in [0.2, 0.25) is 0 Å². The van der Waals surface area contributed by atoms with Gasteiger partial charge in [0.25, 0.3) is 5.56 Å². The number of aryl methyl sites for hydroxylation is 2. The van der Waals surface area contributed by atoms with Gasteiger partial charge < -0.3 is 5.73 Å². The van der Waals surface area contributed by atoms with Crippen molar-refractivity contribution in [3.8, 4) is 0 Å². The van der Waals surface area contributed by atoms with Gasteiger partial charge in [-0.05, 0) is 19.9 Å². The monoisotopic (exact) mass is 279 g/mol. The highest BCUT2D eigenvalue weighted by Crippen LogP contribution is 2.18. The van der Waals surface area contributed by atoms with Crippen molar-refractivity contribution in [1.82, 2.24) is 9.55 Å². The molecule has 1 aromatic carbocycles. The van der Waals surface area contributed by atoms with Gasteiger partial charge in [-0.15, -0.1) is 0 Å². The molecule has 2 rings (SSSR count). The Bertz CT molecular complexity index is 697. The van der Waals surface area contributed by atoms with Crippen molar-refractivity contribution in [3.63, 3.8) is 0 Å². The first-order chi connectivity index (χ1) is 9.40. The SMILES string of the molecule is Cc1cc(=O)n(CC(N)c2cccc(F)c2F)c(C)n1. The third-order valence-electron chi connectivity index (χ3n) is 3.09. The molecular weight excluding hydrogens is 264 g/mol. The molecule has 0 aliphatic heterocycles. The Morgan fingerprint density at radius 3 is 2.70 bits per heavy atom. The fourth-order valence-electron chi connectivity index (χ4n) is 2.09. The van der Waals surface area contributed by atoms with Crippen LogP contribution in [-0.4, -0.2) is 9.55 Å². The zero-order valence-corrected chi connectivity index (χ0v) is 11.2. The van der Waals surface area contributed by atoms with Crippen molar-refractivity contribution in [2.75, 3.05) is 0 Å². The first kappa shape index (κ1) is 14.3. The molecule has 6 heteroatoms. The second kappa shape index (κ2) is 5.50. The Kier molecular flexibility index (Phi) is 3.94. The van der Waals surface area contributed by atoms with Crippen LogP contribution in [0, 0.1) is 25.5 Å². The third kappa shape index (κ3) is 2.75. The van der Waals surface area contributed by atoms with Crippen LogP contribution in [0.2, 0.25) is 0 Å². The van der Waals surface area contributed by atoms with Gasteiger partial charge in [0, 0.05) is 23.9 Å². The lowest BCUT2D eigenvalue weighted by atomic mass is 10.1. The normalized spacial score (nSPS) is 12.4. The fourth-order valence-corrected chi connectivity index (χ4v) is 2.09. The van der Waals surface area contributed by atoms with Gasteiger partial charge in [-0.3, -0.25) is 9.36 Å². The Labute approximate surface area is 114 Å². The lowest BCUT2D eigenvalue weighted by Crippen LogP contribution is -2.29. The minimum Gasteiger partial charge on any atom is -0.322 e. The molecule has 4 nitrogen and oxygen atoms in total. The van der Waals surface area contributed by atoms with Gasteiger partial charge in [0.1, 0.15) is 5.82 Å². The third-order valence-corrected chi connectivity index (χ3v) is 3.09. The first-order valence-corrected chi connectivity index (χ1v) is 6.14. The zero-order chi connectivity index (χ0) is 14.9. The molecule has 2 aromatic rings. The first-order valence-electron chi connectivity index (χ1n) is 6.14.